The minimum atomic E-state index is -3.87. The van der Waals surface area contributed by atoms with E-state index in [0.29, 0.717) is 18.9 Å². The number of halogens is 2. The number of nitrogens with one attached hydrogen (secondary N) is 1. The van der Waals surface area contributed by atoms with E-state index in [-0.39, 0.29) is 40.1 Å². The molecule has 3 aromatic rings. The minimum absolute atomic E-state index is 0.0314. The maximum absolute atomic E-state index is 12.9. The summed E-state index contributed by atoms with van der Waals surface area (Å²) in [7, 11) is -3.87. The Labute approximate surface area is 181 Å². The molecule has 0 atom stereocenters. The summed E-state index contributed by atoms with van der Waals surface area (Å²) >= 11 is 13.8. The van der Waals surface area contributed by atoms with Gasteiger partial charge in [-0.15, -0.1) is 11.3 Å². The third-order valence-electron chi connectivity index (χ3n) is 4.43. The van der Waals surface area contributed by atoms with Gasteiger partial charge >= 0.3 is 0 Å². The molecule has 1 fully saturated rings. The van der Waals surface area contributed by atoms with Crippen molar-refractivity contribution < 1.29 is 17.9 Å². The van der Waals surface area contributed by atoms with E-state index < -0.39 is 15.9 Å². The Hall–Kier alpha value is -1.69. The number of carbonyl (C=O) groups is 1. The van der Waals surface area contributed by atoms with Crippen LogP contribution in [0.2, 0.25) is 10.0 Å². The Kier molecular flexibility index (Phi) is 5.83. The molecule has 8 nitrogen and oxygen atoms in total. The molecule has 1 aromatic carbocycles. The molecule has 12 heteroatoms. The third kappa shape index (κ3) is 4.14. The summed E-state index contributed by atoms with van der Waals surface area (Å²) in [4.78, 5) is 17.7. The molecule has 1 aliphatic heterocycles. The van der Waals surface area contributed by atoms with Crippen LogP contribution < -0.4 is 5.32 Å². The smallest absolute Gasteiger partial charge is 0.253 e. The number of rotatable bonds is 5. The van der Waals surface area contributed by atoms with Crippen LogP contribution >= 0.6 is 34.5 Å². The van der Waals surface area contributed by atoms with E-state index in [1.807, 2.05) is 22.2 Å². The number of nitrogens with zero attached hydrogens (tertiary/aromatic N) is 3. The van der Waals surface area contributed by atoms with E-state index in [4.69, 9.17) is 27.9 Å². The SMILES string of the molecule is O=C(NCc1cn2ccsc2n1)c1cc(S(=O)(=O)N2CCOCC2)c(Cl)cc1Cl. The van der Waals surface area contributed by atoms with Crippen molar-refractivity contribution in [2.75, 3.05) is 26.3 Å². The molecule has 0 spiro atoms. The maximum atomic E-state index is 12.9. The number of ether oxygens (including phenoxy) is 1. The first kappa shape index (κ1) is 20.6. The lowest BCUT2D eigenvalue weighted by atomic mass is 10.2. The number of thiazole rings is 1. The fourth-order valence-electron chi connectivity index (χ4n) is 2.95. The largest absolute Gasteiger partial charge is 0.379 e. The van der Waals surface area contributed by atoms with Crippen LogP contribution in [-0.4, -0.2) is 54.3 Å². The molecule has 4 rings (SSSR count). The lowest BCUT2D eigenvalue weighted by Gasteiger charge is -2.26. The van der Waals surface area contributed by atoms with Gasteiger partial charge in [-0.05, 0) is 12.1 Å². The van der Waals surface area contributed by atoms with Gasteiger partial charge in [0.05, 0.1) is 41.1 Å². The maximum Gasteiger partial charge on any atom is 0.253 e. The number of hydrogen-bond acceptors (Lipinski definition) is 6. The molecule has 1 N–H and O–H groups in total. The summed E-state index contributed by atoms with van der Waals surface area (Å²) in [6, 6.07) is 2.49. The Bertz CT molecular complexity index is 1140. The highest BCUT2D eigenvalue weighted by Crippen LogP contribution is 2.31. The lowest BCUT2D eigenvalue weighted by molar-refractivity contribution is 0.0730. The standard InChI is InChI=1S/C17H16Cl2N4O4S2/c18-13-8-14(19)15(29(25,26)23-1-4-27-5-2-23)7-12(13)16(24)20-9-11-10-22-3-6-28-17(22)21-11/h3,6-8,10H,1-2,4-5,9H2,(H,20,24). The van der Waals surface area contributed by atoms with Crippen molar-refractivity contribution in [2.45, 2.75) is 11.4 Å². The number of hydrogen-bond donors (Lipinski definition) is 1. The van der Waals surface area contributed by atoms with Gasteiger partial charge in [0.2, 0.25) is 10.0 Å². The minimum Gasteiger partial charge on any atom is -0.379 e. The number of aromatic nitrogens is 2. The van der Waals surface area contributed by atoms with Crippen molar-refractivity contribution in [2.24, 2.45) is 0 Å². The quantitative estimate of drug-likeness (QED) is 0.613. The Morgan fingerprint density at radius 3 is 2.72 bits per heavy atom. The van der Waals surface area contributed by atoms with Crippen LogP contribution in [0.3, 0.4) is 0 Å². The molecule has 0 aliphatic carbocycles. The van der Waals surface area contributed by atoms with Gasteiger partial charge in [-0.25, -0.2) is 13.4 Å². The zero-order valence-corrected chi connectivity index (χ0v) is 18.1. The highest BCUT2D eigenvalue weighted by Gasteiger charge is 2.30. The van der Waals surface area contributed by atoms with Gasteiger partial charge in [-0.2, -0.15) is 4.31 Å². The van der Waals surface area contributed by atoms with Crippen LogP contribution in [0.25, 0.3) is 4.96 Å². The van der Waals surface area contributed by atoms with Crippen molar-refractivity contribution >= 4 is 55.4 Å². The number of amides is 1. The number of sulfonamides is 1. The molecule has 29 heavy (non-hydrogen) atoms. The average Bonchev–Trinajstić information content (AvgIpc) is 3.28. The van der Waals surface area contributed by atoms with Crippen molar-refractivity contribution in [3.63, 3.8) is 0 Å². The zero-order chi connectivity index (χ0) is 20.6. The van der Waals surface area contributed by atoms with Crippen molar-refractivity contribution in [3.8, 4) is 0 Å². The second-order valence-corrected chi connectivity index (χ2v) is 9.88. The molecule has 1 saturated heterocycles. The van der Waals surface area contributed by atoms with E-state index in [1.54, 1.807) is 0 Å². The molecule has 154 valence electrons. The van der Waals surface area contributed by atoms with Crippen LogP contribution in [0, 0.1) is 0 Å². The van der Waals surface area contributed by atoms with Crippen molar-refractivity contribution in [1.82, 2.24) is 19.0 Å². The summed E-state index contributed by atoms with van der Waals surface area (Å²) in [5.41, 5.74) is 0.709. The first-order chi connectivity index (χ1) is 13.9. The molecule has 0 unspecified atom stereocenters. The monoisotopic (exact) mass is 474 g/mol. The molecule has 0 saturated carbocycles. The molecule has 3 heterocycles. The Morgan fingerprint density at radius 1 is 1.24 bits per heavy atom. The van der Waals surface area contributed by atoms with Crippen LogP contribution in [0.15, 0.2) is 34.8 Å². The fourth-order valence-corrected chi connectivity index (χ4v) is 5.91. The van der Waals surface area contributed by atoms with Crippen molar-refractivity contribution in [1.29, 1.82) is 0 Å². The van der Waals surface area contributed by atoms with Crippen LogP contribution in [0.1, 0.15) is 16.1 Å². The Balaban J connectivity index is 1.57. The van der Waals surface area contributed by atoms with Crippen molar-refractivity contribution in [3.05, 3.63) is 51.2 Å². The van der Waals surface area contributed by atoms with Gasteiger partial charge in [0, 0.05) is 30.9 Å². The Morgan fingerprint density at radius 2 is 2.00 bits per heavy atom. The predicted molar refractivity (Wildman–Crippen MR) is 110 cm³/mol. The van der Waals surface area contributed by atoms with E-state index in [9.17, 15) is 13.2 Å². The normalized spacial score (nSPS) is 15.7. The lowest BCUT2D eigenvalue weighted by Crippen LogP contribution is -2.40. The first-order valence-electron chi connectivity index (χ1n) is 8.62. The van der Waals surface area contributed by atoms with E-state index in [0.717, 1.165) is 4.96 Å². The molecule has 1 aliphatic rings. The third-order valence-corrected chi connectivity index (χ3v) is 7.87. The number of fused-ring (bicyclic) bond motifs is 1. The average molecular weight is 475 g/mol. The van der Waals surface area contributed by atoms with Gasteiger partial charge in [-0.1, -0.05) is 23.2 Å². The van der Waals surface area contributed by atoms with Crippen LogP contribution in [-0.2, 0) is 21.3 Å². The number of benzene rings is 1. The van der Waals surface area contributed by atoms with E-state index >= 15 is 0 Å². The summed E-state index contributed by atoms with van der Waals surface area (Å²) in [5.74, 6) is -0.513. The van der Waals surface area contributed by atoms with Crippen LogP contribution in [0.5, 0.6) is 0 Å². The van der Waals surface area contributed by atoms with Gasteiger partial charge in [0.25, 0.3) is 5.91 Å². The number of imidazole rings is 1. The molecule has 1 amide bonds. The predicted octanol–water partition coefficient (Wildman–Crippen LogP) is 2.65. The summed E-state index contributed by atoms with van der Waals surface area (Å²) in [6.07, 6.45) is 3.68. The van der Waals surface area contributed by atoms with Gasteiger partial charge in [0.1, 0.15) is 4.90 Å². The van der Waals surface area contributed by atoms with Gasteiger partial charge in [0.15, 0.2) is 4.96 Å². The molecule has 0 bridgehead atoms. The van der Waals surface area contributed by atoms with E-state index in [2.05, 4.69) is 10.3 Å². The van der Waals surface area contributed by atoms with Gasteiger partial charge < -0.3 is 10.1 Å². The summed E-state index contributed by atoms with van der Waals surface area (Å²) in [6.45, 7) is 1.23. The van der Waals surface area contributed by atoms with E-state index in [1.165, 1.54) is 27.8 Å². The zero-order valence-electron chi connectivity index (χ0n) is 15.0. The molecule has 2 aromatic heterocycles. The fraction of sp³-hybridized carbons (Fsp3) is 0.294. The van der Waals surface area contributed by atoms with Crippen LogP contribution in [0.4, 0.5) is 0 Å². The molecule has 0 radical (unpaired) electrons. The summed E-state index contributed by atoms with van der Waals surface area (Å²) < 4.78 is 34.2. The molecular formula is C17H16Cl2N4O4S2. The first-order valence-corrected chi connectivity index (χ1v) is 11.7. The molecular weight excluding hydrogens is 459 g/mol. The highest BCUT2D eigenvalue weighted by atomic mass is 35.5. The highest BCUT2D eigenvalue weighted by molar-refractivity contribution is 7.89. The summed E-state index contributed by atoms with van der Waals surface area (Å²) in [5, 5.41) is 4.66. The van der Waals surface area contributed by atoms with Gasteiger partial charge in [-0.3, -0.25) is 9.20 Å². The number of carbonyl (C=O) groups excluding carboxylic acids is 1. The second-order valence-electron chi connectivity index (χ2n) is 6.29. The topological polar surface area (TPSA) is 93.0 Å². The number of morpholine rings is 1. The second kappa shape index (κ2) is 8.21.